The molecule has 2 aliphatic rings. The SMILES string of the molecule is N#CC(=C=[N-])C1=C(C#N)C(=O)NC1=O.N#CC(=C=[N-])C1=C(C#N)C(=O)NC1=O.O.O.O.O.[Cu+2].o1oo1.o1oo1. The number of hydrogen-bond acceptors (Lipinski definition) is 14. The van der Waals surface area contributed by atoms with E-state index in [1.54, 1.807) is 0 Å². The minimum absolute atomic E-state index is 0. The third-order valence-electron chi connectivity index (χ3n) is 3.17. The van der Waals surface area contributed by atoms with Crippen LogP contribution in [0.1, 0.15) is 0 Å². The van der Waals surface area contributed by atoms with Gasteiger partial charge in [-0.1, -0.05) is 0 Å². The molecule has 209 valence electrons. The summed E-state index contributed by atoms with van der Waals surface area (Å²) in [4.78, 5) is 43.9. The monoisotopic (exact) mass is 601 g/mol. The number of nitriles is 4. The Morgan fingerprint density at radius 2 is 0.821 bits per heavy atom. The molecule has 22 nitrogen and oxygen atoms in total. The summed E-state index contributed by atoms with van der Waals surface area (Å²) in [7, 11) is 0. The van der Waals surface area contributed by atoms with Crippen LogP contribution >= 0.6 is 0 Å². The zero-order valence-corrected chi connectivity index (χ0v) is 19.0. The van der Waals surface area contributed by atoms with Crippen molar-refractivity contribution in [2.24, 2.45) is 0 Å². The van der Waals surface area contributed by atoms with Crippen LogP contribution in [0, 0.1) is 45.3 Å². The van der Waals surface area contributed by atoms with Crippen LogP contribution < -0.4 is 10.6 Å². The molecule has 2 aromatic heterocycles. The van der Waals surface area contributed by atoms with E-state index in [4.69, 9.17) is 31.9 Å². The molecule has 0 saturated heterocycles. The normalized spacial score (nSPS) is 11.4. The van der Waals surface area contributed by atoms with E-state index in [1.165, 1.54) is 36.0 Å². The third kappa shape index (κ3) is 12.3. The van der Waals surface area contributed by atoms with Crippen LogP contribution in [-0.2, 0) is 36.2 Å². The fraction of sp³-hybridized carbons (Fsp3) is 0. The standard InChI is InChI=1S/2C8HN4O2.Cu.2O3.4H2O/c2*9-1-4(2-10)6-5(3-11)7(13)12-8(6)14;;2*1-2-3-1;;;;/h2*(H,12,13,14);;;;4*1H2/q2*-1;+2;;;;;;. The van der Waals surface area contributed by atoms with E-state index in [0.717, 1.165) is 0 Å². The quantitative estimate of drug-likeness (QED) is 0.109. The van der Waals surface area contributed by atoms with Crippen LogP contribution in [0.3, 0.4) is 0 Å². The Balaban J connectivity index is -0.000000146. The Morgan fingerprint density at radius 3 is 0.974 bits per heavy atom. The van der Waals surface area contributed by atoms with Crippen molar-refractivity contribution in [3.8, 4) is 24.3 Å². The third-order valence-corrected chi connectivity index (χ3v) is 3.17. The summed E-state index contributed by atoms with van der Waals surface area (Å²) in [6.07, 6.45) is 0. The van der Waals surface area contributed by atoms with Crippen LogP contribution in [0.15, 0.2) is 61.9 Å². The van der Waals surface area contributed by atoms with Crippen LogP contribution in [0.2, 0.25) is 0 Å². The van der Waals surface area contributed by atoms with Gasteiger partial charge < -0.3 is 32.7 Å². The van der Waals surface area contributed by atoms with Gasteiger partial charge in [-0.05, 0) is 0 Å². The molecule has 0 bridgehead atoms. The smallest absolute Gasteiger partial charge is 0.762 e. The fourth-order valence-corrected chi connectivity index (χ4v) is 1.87. The van der Waals surface area contributed by atoms with Crippen LogP contribution in [-0.4, -0.2) is 57.3 Å². The van der Waals surface area contributed by atoms with E-state index in [0.29, 0.717) is 0 Å². The zero-order valence-electron chi connectivity index (χ0n) is 18.1. The summed E-state index contributed by atoms with van der Waals surface area (Å²) in [5.74, 6) is -0.643. The topological polar surface area (TPSA) is 437 Å². The maximum absolute atomic E-state index is 11.0. The first-order chi connectivity index (χ1) is 16.3. The van der Waals surface area contributed by atoms with Gasteiger partial charge in [-0.2, -0.15) is 21.0 Å². The summed E-state index contributed by atoms with van der Waals surface area (Å²) in [5.41, 5.74) is -2.94. The van der Waals surface area contributed by atoms with Gasteiger partial charge in [0.1, 0.15) is 35.4 Å². The van der Waals surface area contributed by atoms with E-state index < -0.39 is 57.1 Å². The Bertz CT molecular complexity index is 1310. The summed E-state index contributed by atoms with van der Waals surface area (Å²) in [6.45, 7) is 0. The van der Waals surface area contributed by atoms with Crippen molar-refractivity contribution in [1.29, 1.82) is 21.0 Å². The first kappa shape index (κ1) is 42.9. The largest absolute Gasteiger partial charge is 2.00 e. The van der Waals surface area contributed by atoms with Gasteiger partial charge in [0.25, 0.3) is 23.6 Å². The van der Waals surface area contributed by atoms with Crippen LogP contribution in [0.4, 0.5) is 0 Å². The van der Waals surface area contributed by atoms with Gasteiger partial charge in [-0.25, -0.2) is 11.7 Å². The first-order valence-electron chi connectivity index (χ1n) is 7.66. The van der Waals surface area contributed by atoms with E-state index in [2.05, 4.69) is 28.4 Å². The summed E-state index contributed by atoms with van der Waals surface area (Å²) < 4.78 is 21.0. The average Bonchev–Trinajstić information content (AvgIpc) is 3.73. The van der Waals surface area contributed by atoms with Gasteiger partial charge in [-0.15, -0.1) is 0 Å². The van der Waals surface area contributed by atoms with Crippen molar-refractivity contribution in [3.63, 3.8) is 0 Å². The number of rotatable bonds is 2. The van der Waals surface area contributed by atoms with E-state index in [1.807, 2.05) is 10.6 Å². The van der Waals surface area contributed by atoms with E-state index in [9.17, 15) is 19.2 Å². The van der Waals surface area contributed by atoms with Gasteiger partial charge >= 0.3 is 17.1 Å². The second-order valence-electron chi connectivity index (χ2n) is 4.90. The van der Waals surface area contributed by atoms with Crippen molar-refractivity contribution in [1.82, 2.24) is 10.6 Å². The molecule has 0 fully saturated rings. The predicted octanol–water partition coefficient (Wildman–Crippen LogP) is -4.07. The molecule has 23 heteroatoms. The molecular formula is C16H10CuN8O14. The van der Waals surface area contributed by atoms with Crippen molar-refractivity contribution in [3.05, 3.63) is 44.3 Å². The number of imide groups is 2. The zero-order chi connectivity index (χ0) is 25.7. The molecule has 2 aliphatic heterocycles. The van der Waals surface area contributed by atoms with Crippen molar-refractivity contribution >= 4 is 35.4 Å². The second-order valence-corrected chi connectivity index (χ2v) is 4.90. The molecule has 2 aromatic rings. The summed E-state index contributed by atoms with van der Waals surface area (Å²) in [6, 6.07) is 5.82. The fourth-order valence-electron chi connectivity index (χ4n) is 1.87. The molecule has 4 heterocycles. The number of carbonyl (C=O) groups excluding carboxylic acids is 4. The van der Waals surface area contributed by atoms with Gasteiger partial charge in [0, 0.05) is 28.4 Å². The van der Waals surface area contributed by atoms with Crippen molar-refractivity contribution in [2.75, 3.05) is 0 Å². The molecule has 0 saturated carbocycles. The predicted molar refractivity (Wildman–Crippen MR) is 107 cm³/mol. The van der Waals surface area contributed by atoms with Gasteiger partial charge in [-0.3, -0.25) is 29.8 Å². The molecule has 4 rings (SSSR count). The molecule has 0 unspecified atom stereocenters. The number of carbonyl (C=O) groups is 4. The van der Waals surface area contributed by atoms with E-state index >= 15 is 0 Å². The number of nitrogens with zero attached hydrogens (tertiary/aromatic N) is 6. The average molecular weight is 602 g/mol. The van der Waals surface area contributed by atoms with Gasteiger partial charge in [0.05, 0.1) is 22.3 Å². The Kier molecular flexibility index (Phi) is 23.2. The number of amides is 4. The molecule has 0 spiro atoms. The maximum Gasteiger partial charge on any atom is 2.00 e. The van der Waals surface area contributed by atoms with E-state index in [-0.39, 0.29) is 39.0 Å². The molecule has 10 N–H and O–H groups in total. The first-order valence-corrected chi connectivity index (χ1v) is 7.66. The summed E-state index contributed by atoms with van der Waals surface area (Å²) >= 11 is 0. The Hall–Kier alpha value is -6.22. The summed E-state index contributed by atoms with van der Waals surface area (Å²) in [5, 5.41) is 54.5. The molecule has 0 aromatic carbocycles. The van der Waals surface area contributed by atoms with Crippen molar-refractivity contribution in [2.45, 2.75) is 0 Å². The molecule has 39 heavy (non-hydrogen) atoms. The molecule has 0 atom stereocenters. The Labute approximate surface area is 222 Å². The molecular weight excluding hydrogens is 592 g/mol. The minimum Gasteiger partial charge on any atom is -0.762 e. The minimum atomic E-state index is -0.885. The van der Waals surface area contributed by atoms with Crippen LogP contribution in [0.5, 0.6) is 0 Å². The maximum atomic E-state index is 11.0. The molecule has 1 radical (unpaired) electrons. The van der Waals surface area contributed by atoms with Crippen LogP contribution in [0.25, 0.3) is 10.8 Å². The molecule has 4 amide bonds. The molecule has 0 aliphatic carbocycles. The number of hydrogen-bond donors (Lipinski definition) is 2. The number of nitrogens with one attached hydrogen (secondary N) is 2. The second kappa shape index (κ2) is 21.1. The van der Waals surface area contributed by atoms with Crippen molar-refractivity contribution < 1.29 is 86.6 Å². The van der Waals surface area contributed by atoms with Gasteiger partial charge in [0.2, 0.25) is 0 Å². The Morgan fingerprint density at radius 1 is 0.564 bits per heavy atom. The van der Waals surface area contributed by atoms with Gasteiger partial charge in [0.15, 0.2) is 0 Å².